The molecule has 21 heavy (non-hydrogen) atoms. The van der Waals surface area contributed by atoms with Crippen molar-refractivity contribution >= 4 is 11.9 Å². The van der Waals surface area contributed by atoms with E-state index in [1.807, 2.05) is 12.1 Å². The molecule has 0 aliphatic carbocycles. The number of benzene rings is 1. The molecule has 0 spiro atoms. The summed E-state index contributed by atoms with van der Waals surface area (Å²) in [6.45, 7) is 0. The van der Waals surface area contributed by atoms with Gasteiger partial charge < -0.3 is 9.47 Å². The number of carbonyl (C=O) groups is 1. The summed E-state index contributed by atoms with van der Waals surface area (Å²) in [6.07, 6.45) is 4.12. The summed E-state index contributed by atoms with van der Waals surface area (Å²) in [6, 6.07) is 7.19. The Kier molecular flexibility index (Phi) is 3.27. The molecule has 106 valence electrons. The maximum Gasteiger partial charge on any atom is 0.170 e. The number of nitrogens with zero attached hydrogens (tertiary/aromatic N) is 3. The molecule has 0 bridgehead atoms. The Morgan fingerprint density at radius 2 is 2.05 bits per heavy atom. The molecule has 0 saturated heterocycles. The Morgan fingerprint density at radius 3 is 2.76 bits per heavy atom. The smallest absolute Gasteiger partial charge is 0.170 e. The molecule has 3 aromatic rings. The second-order valence-corrected chi connectivity index (χ2v) is 4.31. The van der Waals surface area contributed by atoms with E-state index in [-0.39, 0.29) is 0 Å². The summed E-state index contributed by atoms with van der Waals surface area (Å²) >= 11 is 0. The minimum absolute atomic E-state index is 0.419. The van der Waals surface area contributed by atoms with E-state index in [2.05, 4.69) is 10.1 Å². The quantitative estimate of drug-likeness (QED) is 0.687. The van der Waals surface area contributed by atoms with Gasteiger partial charge in [0, 0.05) is 18.0 Å². The standard InChI is InChI=1S/C15H13N3O3/c1-20-12-6-3-5-10(14(12)21-2)13-11(9-19)15-16-7-4-8-18(15)17-13/h3-9H,1-2H3. The van der Waals surface area contributed by atoms with E-state index in [0.29, 0.717) is 34.0 Å². The molecule has 0 atom stereocenters. The van der Waals surface area contributed by atoms with Crippen molar-refractivity contribution in [3.63, 3.8) is 0 Å². The SMILES string of the molecule is COc1cccc(-c2nn3cccnc3c2C=O)c1OC. The normalized spacial score (nSPS) is 10.6. The molecule has 0 saturated carbocycles. The van der Waals surface area contributed by atoms with Gasteiger partial charge in [-0.15, -0.1) is 0 Å². The van der Waals surface area contributed by atoms with Crippen molar-refractivity contribution in [1.82, 2.24) is 14.6 Å². The van der Waals surface area contributed by atoms with Crippen molar-refractivity contribution in [2.45, 2.75) is 0 Å². The molecular formula is C15H13N3O3. The molecule has 6 nitrogen and oxygen atoms in total. The summed E-state index contributed by atoms with van der Waals surface area (Å²) in [7, 11) is 3.11. The second kappa shape index (κ2) is 5.24. The zero-order valence-corrected chi connectivity index (χ0v) is 11.6. The molecule has 6 heteroatoms. The van der Waals surface area contributed by atoms with Crippen molar-refractivity contribution in [3.8, 4) is 22.8 Å². The highest BCUT2D eigenvalue weighted by Gasteiger charge is 2.20. The van der Waals surface area contributed by atoms with Gasteiger partial charge in [0.25, 0.3) is 0 Å². The molecule has 0 radical (unpaired) electrons. The van der Waals surface area contributed by atoms with E-state index in [0.717, 1.165) is 6.29 Å². The molecule has 0 aliphatic heterocycles. The number of rotatable bonds is 4. The predicted molar refractivity (Wildman–Crippen MR) is 76.9 cm³/mol. The lowest BCUT2D eigenvalue weighted by Gasteiger charge is -2.11. The van der Waals surface area contributed by atoms with Crippen LogP contribution in [0, 0.1) is 0 Å². The van der Waals surface area contributed by atoms with Crippen LogP contribution in [0.5, 0.6) is 11.5 Å². The third-order valence-electron chi connectivity index (χ3n) is 3.21. The fourth-order valence-corrected chi connectivity index (χ4v) is 2.29. The van der Waals surface area contributed by atoms with Crippen molar-refractivity contribution < 1.29 is 14.3 Å². The van der Waals surface area contributed by atoms with Crippen LogP contribution < -0.4 is 9.47 Å². The predicted octanol–water partition coefficient (Wildman–Crippen LogP) is 2.23. The Bertz CT molecular complexity index is 811. The van der Waals surface area contributed by atoms with E-state index in [1.54, 1.807) is 43.3 Å². The Labute approximate surface area is 120 Å². The number of carbonyl (C=O) groups excluding carboxylic acids is 1. The average Bonchev–Trinajstić information content (AvgIpc) is 2.92. The number of aromatic nitrogens is 3. The maximum absolute atomic E-state index is 11.5. The van der Waals surface area contributed by atoms with Crippen molar-refractivity contribution in [2.75, 3.05) is 14.2 Å². The zero-order valence-electron chi connectivity index (χ0n) is 11.6. The number of fused-ring (bicyclic) bond motifs is 1. The molecule has 2 heterocycles. The number of ether oxygens (including phenoxy) is 2. The number of para-hydroxylation sites is 1. The van der Waals surface area contributed by atoms with Crippen molar-refractivity contribution in [3.05, 3.63) is 42.2 Å². The van der Waals surface area contributed by atoms with Gasteiger partial charge in [0.15, 0.2) is 23.4 Å². The number of methoxy groups -OCH3 is 2. The molecule has 0 amide bonds. The van der Waals surface area contributed by atoms with Gasteiger partial charge in [0.1, 0.15) is 5.69 Å². The molecule has 0 fully saturated rings. The fraction of sp³-hybridized carbons (Fsp3) is 0.133. The summed E-state index contributed by atoms with van der Waals surface area (Å²) < 4.78 is 12.3. The minimum atomic E-state index is 0.419. The highest BCUT2D eigenvalue weighted by Crippen LogP contribution is 2.38. The lowest BCUT2D eigenvalue weighted by atomic mass is 10.1. The summed E-state index contributed by atoms with van der Waals surface area (Å²) in [5.74, 6) is 1.11. The number of aldehydes is 1. The van der Waals surface area contributed by atoms with Gasteiger partial charge in [-0.1, -0.05) is 6.07 Å². The lowest BCUT2D eigenvalue weighted by molar-refractivity contribution is 0.112. The first-order chi connectivity index (χ1) is 10.3. The summed E-state index contributed by atoms with van der Waals surface area (Å²) in [5.41, 5.74) is 2.12. The van der Waals surface area contributed by atoms with Gasteiger partial charge in [-0.3, -0.25) is 4.79 Å². The van der Waals surface area contributed by atoms with Crippen LogP contribution in [0.1, 0.15) is 10.4 Å². The molecule has 2 aromatic heterocycles. The van der Waals surface area contributed by atoms with Crippen LogP contribution in [0.3, 0.4) is 0 Å². The highest BCUT2D eigenvalue weighted by atomic mass is 16.5. The third kappa shape index (κ3) is 2.01. The molecule has 1 aromatic carbocycles. The molecular weight excluding hydrogens is 270 g/mol. The first kappa shape index (κ1) is 13.1. The molecule has 0 aliphatic rings. The van der Waals surface area contributed by atoms with Crippen LogP contribution >= 0.6 is 0 Å². The van der Waals surface area contributed by atoms with Gasteiger partial charge in [0.05, 0.1) is 19.8 Å². The number of hydrogen-bond acceptors (Lipinski definition) is 5. The molecule has 3 rings (SSSR count). The van der Waals surface area contributed by atoms with Crippen LogP contribution in [0.2, 0.25) is 0 Å². The van der Waals surface area contributed by atoms with Crippen LogP contribution in [0.25, 0.3) is 16.9 Å². The summed E-state index contributed by atoms with van der Waals surface area (Å²) in [4.78, 5) is 15.7. The van der Waals surface area contributed by atoms with Crippen LogP contribution in [-0.2, 0) is 0 Å². The van der Waals surface area contributed by atoms with Crippen LogP contribution in [0.15, 0.2) is 36.7 Å². The van der Waals surface area contributed by atoms with Gasteiger partial charge in [-0.05, 0) is 18.2 Å². The fourth-order valence-electron chi connectivity index (χ4n) is 2.29. The van der Waals surface area contributed by atoms with Gasteiger partial charge >= 0.3 is 0 Å². The average molecular weight is 283 g/mol. The monoisotopic (exact) mass is 283 g/mol. The first-order valence-corrected chi connectivity index (χ1v) is 6.30. The minimum Gasteiger partial charge on any atom is -0.493 e. The van der Waals surface area contributed by atoms with E-state index in [4.69, 9.17) is 9.47 Å². The third-order valence-corrected chi connectivity index (χ3v) is 3.21. The Balaban J connectivity index is 2.33. The molecule has 0 N–H and O–H groups in total. The van der Waals surface area contributed by atoms with Gasteiger partial charge in [0.2, 0.25) is 0 Å². The zero-order chi connectivity index (χ0) is 14.8. The van der Waals surface area contributed by atoms with E-state index < -0.39 is 0 Å². The lowest BCUT2D eigenvalue weighted by Crippen LogP contribution is -1.95. The summed E-state index contributed by atoms with van der Waals surface area (Å²) in [5, 5.41) is 4.43. The number of hydrogen-bond donors (Lipinski definition) is 0. The van der Waals surface area contributed by atoms with Crippen molar-refractivity contribution in [2.24, 2.45) is 0 Å². The van der Waals surface area contributed by atoms with E-state index >= 15 is 0 Å². The Morgan fingerprint density at radius 1 is 1.19 bits per heavy atom. The second-order valence-electron chi connectivity index (χ2n) is 4.31. The topological polar surface area (TPSA) is 65.7 Å². The first-order valence-electron chi connectivity index (χ1n) is 6.30. The van der Waals surface area contributed by atoms with Crippen molar-refractivity contribution in [1.29, 1.82) is 0 Å². The maximum atomic E-state index is 11.5. The van der Waals surface area contributed by atoms with Crippen LogP contribution in [0.4, 0.5) is 0 Å². The van der Waals surface area contributed by atoms with Gasteiger partial charge in [-0.2, -0.15) is 5.10 Å². The Hall–Kier alpha value is -2.89. The largest absolute Gasteiger partial charge is 0.493 e. The van der Waals surface area contributed by atoms with E-state index in [1.165, 1.54) is 0 Å². The van der Waals surface area contributed by atoms with Gasteiger partial charge in [-0.25, -0.2) is 9.50 Å². The highest BCUT2D eigenvalue weighted by molar-refractivity contribution is 5.94. The van der Waals surface area contributed by atoms with E-state index in [9.17, 15) is 4.79 Å². The van der Waals surface area contributed by atoms with Crippen LogP contribution in [-0.4, -0.2) is 35.1 Å². The molecule has 0 unspecified atom stereocenters.